The molecule has 0 radical (unpaired) electrons. The zero-order valence-corrected chi connectivity index (χ0v) is 83.6. The van der Waals surface area contributed by atoms with Gasteiger partial charge in [0.25, 0.3) is 0 Å². The first-order valence-electron chi connectivity index (χ1n) is 49.0. The molecule has 0 atom stereocenters. The summed E-state index contributed by atoms with van der Waals surface area (Å²) in [7, 11) is 1.64. The van der Waals surface area contributed by atoms with Crippen LogP contribution in [0, 0.1) is 0 Å². The fourth-order valence-corrected chi connectivity index (χ4v) is 9.78. The van der Waals surface area contributed by atoms with E-state index in [0.717, 1.165) is 0 Å². The van der Waals surface area contributed by atoms with Crippen LogP contribution in [0.2, 0.25) is 0 Å². The average Bonchev–Trinajstić information content (AvgIpc) is 1.11. The molecule has 0 heterocycles. The molecule has 46 nitrogen and oxygen atoms in total. The minimum Gasteiger partial charge on any atom is -0.382 e. The topological polar surface area (TPSA) is 441 Å². The smallest absolute Gasteiger partial charge is 0.0701 e. The maximum absolute atomic E-state index is 5.55. The summed E-state index contributed by atoms with van der Waals surface area (Å²) < 4.78 is 248. The number of hydrogen-bond donors (Lipinski definition) is 1. The van der Waals surface area contributed by atoms with Crippen molar-refractivity contribution in [3.63, 3.8) is 0 Å². The molecule has 0 aliphatic rings. The van der Waals surface area contributed by atoms with E-state index in [-0.39, 0.29) is 0 Å². The van der Waals surface area contributed by atoms with Crippen LogP contribution in [-0.2, 0) is 213 Å². The normalized spacial score (nSPS) is 11.9. The molecule has 137 heavy (non-hydrogen) atoms. The van der Waals surface area contributed by atoms with E-state index in [2.05, 4.69) is 0 Å². The van der Waals surface area contributed by atoms with Gasteiger partial charge in [-0.15, -0.1) is 0 Å². The van der Waals surface area contributed by atoms with E-state index in [1.165, 1.54) is 0 Å². The monoisotopic (exact) mass is 2010 g/mol. The van der Waals surface area contributed by atoms with Gasteiger partial charge in [0, 0.05) is 13.7 Å². The summed E-state index contributed by atoms with van der Waals surface area (Å²) in [6.45, 7) is 43.9. The Morgan fingerprint density at radius 3 is 0.161 bits per heavy atom. The largest absolute Gasteiger partial charge is 0.382 e. The molecule has 0 saturated carbocycles. The molecule has 46 heteroatoms. The second-order valence-corrected chi connectivity index (χ2v) is 27.7. The van der Waals surface area contributed by atoms with Crippen LogP contribution in [-0.4, -0.2) is 602 Å². The summed E-state index contributed by atoms with van der Waals surface area (Å²) >= 11 is 0. The average molecular weight is 2010 g/mol. The Labute approximate surface area is 817 Å². The van der Waals surface area contributed by atoms with Gasteiger partial charge >= 0.3 is 0 Å². The Balaban J connectivity index is 3.10. The standard InChI is InChI=1S/C91H185NO45/c1-93-4-5-95-8-9-97-12-13-99-16-17-101-20-21-103-24-25-105-28-29-107-32-33-109-36-37-111-40-41-113-44-45-115-48-49-117-52-53-119-56-57-121-60-61-123-64-65-125-68-69-127-72-73-129-76-77-131-80-81-133-84-85-135-88-89-137-91-90-136-87-86-134-83-82-132-79-78-130-75-74-128-71-70-126-67-66-124-63-62-122-59-58-120-55-54-118-51-50-116-47-46-114-43-42-112-39-38-110-35-34-108-31-30-106-27-26-104-23-22-102-19-18-100-15-14-98-11-10-96-7-6-94-3-2-92/h2-92H2,1H3. The number of methoxy groups -OCH3 is 1. The van der Waals surface area contributed by atoms with Crippen LogP contribution < -0.4 is 5.73 Å². The van der Waals surface area contributed by atoms with Gasteiger partial charge in [0.1, 0.15) is 0 Å². The highest BCUT2D eigenvalue weighted by Gasteiger charge is 2.06. The number of nitrogens with two attached hydrogens (primary N) is 1. The van der Waals surface area contributed by atoms with Gasteiger partial charge in [-0.25, -0.2) is 0 Å². The van der Waals surface area contributed by atoms with Crippen molar-refractivity contribution in [1.29, 1.82) is 0 Å². The molecule has 0 fully saturated rings. The Morgan fingerprint density at radius 1 is 0.0730 bits per heavy atom. The van der Waals surface area contributed by atoms with E-state index in [0.29, 0.717) is 595 Å². The van der Waals surface area contributed by atoms with E-state index in [1.54, 1.807) is 7.11 Å². The van der Waals surface area contributed by atoms with Crippen LogP contribution in [0.1, 0.15) is 0 Å². The SMILES string of the molecule is COCCOCCOCCOCCOCCOCCOCCOCCOCCOCCOCCOCCOCCOCCOCCOCCOCCOCCOCCOCCOCCOCCOCCOCCOCCOCCOCCOCCOCCOCCOCCOCCOCCOCCOCCOCCOCCOCCOCCOCCOCCOCCOCCOCCOCCN. The van der Waals surface area contributed by atoms with Gasteiger partial charge in [0.15, 0.2) is 0 Å². The zero-order valence-electron chi connectivity index (χ0n) is 83.6. The second kappa shape index (κ2) is 134. The highest BCUT2D eigenvalue weighted by atomic mass is 16.7. The summed E-state index contributed by atoms with van der Waals surface area (Å²) in [6.07, 6.45) is 0. The Bertz CT molecular complexity index is 1750. The number of hydrogen-bond acceptors (Lipinski definition) is 46. The maximum Gasteiger partial charge on any atom is 0.0701 e. The predicted molar refractivity (Wildman–Crippen MR) is 497 cm³/mol. The third-order valence-electron chi connectivity index (χ3n) is 16.7. The molecule has 0 aromatic carbocycles. The van der Waals surface area contributed by atoms with Gasteiger partial charge in [-0.2, -0.15) is 0 Å². The first kappa shape index (κ1) is 135. The van der Waals surface area contributed by atoms with Crippen molar-refractivity contribution < 1.29 is 213 Å². The lowest BCUT2D eigenvalue weighted by Gasteiger charge is -2.09. The van der Waals surface area contributed by atoms with Crippen molar-refractivity contribution in [2.45, 2.75) is 0 Å². The van der Waals surface area contributed by atoms with Crippen LogP contribution in [0.4, 0.5) is 0 Å². The third-order valence-corrected chi connectivity index (χ3v) is 16.7. The van der Waals surface area contributed by atoms with E-state index < -0.39 is 0 Å². The van der Waals surface area contributed by atoms with E-state index >= 15 is 0 Å². The molecule has 0 rings (SSSR count). The van der Waals surface area contributed by atoms with Crippen molar-refractivity contribution >= 4 is 0 Å². The minimum absolute atomic E-state index is 0.472. The maximum atomic E-state index is 5.55. The van der Waals surface area contributed by atoms with Crippen molar-refractivity contribution in [3.05, 3.63) is 0 Å². The molecule has 0 amide bonds. The quantitative estimate of drug-likeness (QED) is 0.0801. The van der Waals surface area contributed by atoms with Crippen molar-refractivity contribution in [1.82, 2.24) is 0 Å². The highest BCUT2D eigenvalue weighted by molar-refractivity contribution is 4.49. The zero-order chi connectivity index (χ0) is 97.5. The molecule has 0 bridgehead atoms. The van der Waals surface area contributed by atoms with Gasteiger partial charge in [-0.1, -0.05) is 0 Å². The Morgan fingerprint density at radius 2 is 0.117 bits per heavy atom. The molecular weight excluding hydrogens is 1830 g/mol. The molecular formula is C91H185NO45. The first-order chi connectivity index (χ1) is 68.4. The number of rotatable bonds is 134. The van der Waals surface area contributed by atoms with Crippen LogP contribution in [0.15, 0.2) is 0 Å². The molecule has 0 spiro atoms. The van der Waals surface area contributed by atoms with Crippen molar-refractivity contribution in [2.24, 2.45) is 5.73 Å². The first-order valence-corrected chi connectivity index (χ1v) is 49.0. The van der Waals surface area contributed by atoms with Crippen molar-refractivity contribution in [2.75, 3.05) is 602 Å². The molecule has 824 valence electrons. The minimum atomic E-state index is 0.472. The van der Waals surface area contributed by atoms with E-state index in [1.807, 2.05) is 0 Å². The lowest BCUT2D eigenvalue weighted by atomic mass is 10.6. The third kappa shape index (κ3) is 134. The predicted octanol–water partition coefficient (Wildman–Crippen LogP) is 0.322. The summed E-state index contributed by atoms with van der Waals surface area (Å²) in [6, 6.07) is 0. The number of ether oxygens (including phenoxy) is 45. The lowest BCUT2D eigenvalue weighted by Crippen LogP contribution is -2.16. The summed E-state index contributed by atoms with van der Waals surface area (Å²) in [5.74, 6) is 0. The summed E-state index contributed by atoms with van der Waals surface area (Å²) in [5.41, 5.74) is 5.36. The Hall–Kier alpha value is -1.84. The molecule has 0 saturated heterocycles. The van der Waals surface area contributed by atoms with Gasteiger partial charge in [0.2, 0.25) is 0 Å². The molecule has 0 unspecified atom stereocenters. The molecule has 2 N–H and O–H groups in total. The Kier molecular flexibility index (Phi) is 132. The van der Waals surface area contributed by atoms with E-state index in [4.69, 9.17) is 219 Å². The van der Waals surface area contributed by atoms with E-state index in [9.17, 15) is 0 Å². The van der Waals surface area contributed by atoms with Crippen molar-refractivity contribution in [3.8, 4) is 0 Å². The van der Waals surface area contributed by atoms with Gasteiger partial charge in [-0.3, -0.25) is 0 Å². The lowest BCUT2D eigenvalue weighted by molar-refractivity contribution is -0.0329. The van der Waals surface area contributed by atoms with Crippen LogP contribution >= 0.6 is 0 Å². The fraction of sp³-hybridized carbons (Fsp3) is 1.00. The summed E-state index contributed by atoms with van der Waals surface area (Å²) in [4.78, 5) is 0. The van der Waals surface area contributed by atoms with Gasteiger partial charge in [0.05, 0.1) is 588 Å². The molecule has 0 aromatic heterocycles. The molecule has 0 aliphatic carbocycles. The fourth-order valence-electron chi connectivity index (χ4n) is 9.78. The van der Waals surface area contributed by atoms with Crippen LogP contribution in [0.5, 0.6) is 0 Å². The highest BCUT2D eigenvalue weighted by Crippen LogP contribution is 1.97. The molecule has 0 aromatic rings. The van der Waals surface area contributed by atoms with Gasteiger partial charge < -0.3 is 219 Å². The molecule has 0 aliphatic heterocycles. The second-order valence-electron chi connectivity index (χ2n) is 27.7. The van der Waals surface area contributed by atoms with Gasteiger partial charge in [-0.05, 0) is 0 Å². The van der Waals surface area contributed by atoms with Crippen LogP contribution in [0.3, 0.4) is 0 Å². The summed E-state index contributed by atoms with van der Waals surface area (Å²) in [5, 5.41) is 0. The van der Waals surface area contributed by atoms with Crippen LogP contribution in [0.25, 0.3) is 0 Å².